The van der Waals surface area contributed by atoms with Crippen LogP contribution < -0.4 is 5.32 Å². The van der Waals surface area contributed by atoms with Crippen LogP contribution in [0.2, 0.25) is 0 Å². The van der Waals surface area contributed by atoms with Gasteiger partial charge in [0.1, 0.15) is 0 Å². The molecule has 0 radical (unpaired) electrons. The highest BCUT2D eigenvalue weighted by atomic mass is 79.9. The van der Waals surface area contributed by atoms with E-state index >= 15 is 0 Å². The molecule has 0 fully saturated rings. The van der Waals surface area contributed by atoms with E-state index in [-0.39, 0.29) is 5.91 Å². The summed E-state index contributed by atoms with van der Waals surface area (Å²) in [6.07, 6.45) is 1.73. The number of nitrogens with one attached hydrogen (secondary N) is 1. The van der Waals surface area contributed by atoms with Crippen molar-refractivity contribution in [2.45, 2.75) is 6.92 Å². The van der Waals surface area contributed by atoms with Crippen molar-refractivity contribution in [2.24, 2.45) is 0 Å². The van der Waals surface area contributed by atoms with Crippen LogP contribution in [0, 0.1) is 6.92 Å². The lowest BCUT2D eigenvalue weighted by molar-refractivity contribution is 0.103. The molecule has 1 aromatic carbocycles. The number of thiophene rings is 1. The third-order valence-electron chi connectivity index (χ3n) is 3.01. The summed E-state index contributed by atoms with van der Waals surface area (Å²) >= 11 is 8.27. The number of carbonyl (C=O) groups excluding carboxylic acids is 1. The van der Waals surface area contributed by atoms with Gasteiger partial charge >= 0.3 is 0 Å². The van der Waals surface area contributed by atoms with Crippen LogP contribution in [-0.2, 0) is 0 Å². The molecular weight excluding hydrogens is 416 g/mol. The Morgan fingerprint density at radius 3 is 2.81 bits per heavy atom. The maximum absolute atomic E-state index is 12.3. The number of rotatable bonds is 2. The van der Waals surface area contributed by atoms with Gasteiger partial charge in [-0.3, -0.25) is 9.78 Å². The summed E-state index contributed by atoms with van der Waals surface area (Å²) in [6, 6.07) is 9.58. The van der Waals surface area contributed by atoms with E-state index in [0.717, 1.165) is 24.7 Å². The van der Waals surface area contributed by atoms with Gasteiger partial charge in [-0.1, -0.05) is 12.1 Å². The third kappa shape index (κ3) is 3.02. The topological polar surface area (TPSA) is 42.0 Å². The molecule has 0 unspecified atom stereocenters. The molecule has 1 N–H and O–H groups in total. The van der Waals surface area contributed by atoms with Gasteiger partial charge in [0.2, 0.25) is 0 Å². The molecule has 6 heteroatoms. The molecule has 0 saturated heterocycles. The number of anilines is 1. The Kier molecular flexibility index (Phi) is 4.10. The molecule has 0 aliphatic rings. The predicted molar refractivity (Wildman–Crippen MR) is 94.2 cm³/mol. The van der Waals surface area contributed by atoms with Crippen LogP contribution in [0.15, 0.2) is 44.8 Å². The molecule has 1 amide bonds. The highest BCUT2D eigenvalue weighted by Gasteiger charge is 2.13. The van der Waals surface area contributed by atoms with E-state index in [1.54, 1.807) is 6.20 Å². The fourth-order valence-electron chi connectivity index (χ4n) is 1.99. The zero-order valence-electron chi connectivity index (χ0n) is 11.0. The number of para-hydroxylation sites is 1. The van der Waals surface area contributed by atoms with Crippen LogP contribution >= 0.6 is 43.2 Å². The number of pyridine rings is 1. The Morgan fingerprint density at radius 1 is 1.29 bits per heavy atom. The smallest absolute Gasteiger partial charge is 0.265 e. The SMILES string of the molecule is Cc1cc(C(=O)Nc2cccc3cc(Br)cnc23)sc1Br. The molecule has 2 aromatic heterocycles. The van der Waals surface area contributed by atoms with Gasteiger partial charge in [-0.2, -0.15) is 0 Å². The number of amides is 1. The maximum atomic E-state index is 12.3. The Bertz CT molecular complexity index is 825. The van der Waals surface area contributed by atoms with E-state index in [0.29, 0.717) is 10.6 Å². The summed E-state index contributed by atoms with van der Waals surface area (Å²) in [5.41, 5.74) is 2.55. The monoisotopic (exact) mass is 424 g/mol. The summed E-state index contributed by atoms with van der Waals surface area (Å²) in [6.45, 7) is 1.97. The van der Waals surface area contributed by atoms with Crippen LogP contribution in [-0.4, -0.2) is 10.9 Å². The molecule has 3 nitrogen and oxygen atoms in total. The zero-order chi connectivity index (χ0) is 15.0. The van der Waals surface area contributed by atoms with Crippen molar-refractivity contribution in [1.29, 1.82) is 0 Å². The second-order valence-corrected chi connectivity index (χ2v) is 7.84. The van der Waals surface area contributed by atoms with Gasteiger partial charge in [-0.15, -0.1) is 11.3 Å². The Hall–Kier alpha value is -1.24. The number of hydrogen-bond donors (Lipinski definition) is 1. The van der Waals surface area contributed by atoms with E-state index in [4.69, 9.17) is 0 Å². The number of hydrogen-bond acceptors (Lipinski definition) is 3. The molecule has 3 aromatic rings. The second-order valence-electron chi connectivity index (χ2n) is 4.55. The summed E-state index contributed by atoms with van der Waals surface area (Å²) < 4.78 is 1.89. The number of carbonyl (C=O) groups is 1. The van der Waals surface area contributed by atoms with E-state index in [2.05, 4.69) is 42.2 Å². The van der Waals surface area contributed by atoms with Gasteiger partial charge in [0.15, 0.2) is 0 Å². The highest BCUT2D eigenvalue weighted by molar-refractivity contribution is 9.11. The minimum Gasteiger partial charge on any atom is -0.319 e. The maximum Gasteiger partial charge on any atom is 0.265 e. The quantitative estimate of drug-likeness (QED) is 0.598. The molecule has 21 heavy (non-hydrogen) atoms. The molecule has 3 rings (SSSR count). The number of nitrogens with zero attached hydrogens (tertiary/aromatic N) is 1. The first kappa shape index (κ1) is 14.7. The normalized spacial score (nSPS) is 10.8. The number of aryl methyl sites for hydroxylation is 1. The number of halogens is 2. The molecule has 2 heterocycles. The Balaban J connectivity index is 1.96. The van der Waals surface area contributed by atoms with E-state index in [1.807, 2.05) is 37.3 Å². The van der Waals surface area contributed by atoms with Crippen LogP contribution in [0.25, 0.3) is 10.9 Å². The van der Waals surface area contributed by atoms with Gasteiger partial charge in [0.05, 0.1) is 19.9 Å². The van der Waals surface area contributed by atoms with Crippen LogP contribution in [0.5, 0.6) is 0 Å². The first-order chi connectivity index (χ1) is 10.0. The fourth-order valence-corrected chi connectivity index (χ4v) is 3.77. The zero-order valence-corrected chi connectivity index (χ0v) is 15.0. The lowest BCUT2D eigenvalue weighted by Gasteiger charge is -2.07. The number of benzene rings is 1. The van der Waals surface area contributed by atoms with E-state index < -0.39 is 0 Å². The fraction of sp³-hybridized carbons (Fsp3) is 0.0667. The van der Waals surface area contributed by atoms with Gasteiger partial charge < -0.3 is 5.32 Å². The molecule has 0 aliphatic carbocycles. The van der Waals surface area contributed by atoms with Crippen LogP contribution in [0.1, 0.15) is 15.2 Å². The lowest BCUT2D eigenvalue weighted by atomic mass is 10.2. The Labute approximate surface area is 142 Å². The minimum absolute atomic E-state index is 0.119. The summed E-state index contributed by atoms with van der Waals surface area (Å²) in [5, 5.41) is 3.91. The molecule has 0 saturated carbocycles. The summed E-state index contributed by atoms with van der Waals surface area (Å²) in [4.78, 5) is 17.4. The second kappa shape index (κ2) is 5.87. The largest absolute Gasteiger partial charge is 0.319 e. The Morgan fingerprint density at radius 2 is 2.10 bits per heavy atom. The average Bonchev–Trinajstić information content (AvgIpc) is 2.79. The van der Waals surface area contributed by atoms with Crippen molar-refractivity contribution in [3.05, 3.63) is 55.2 Å². The van der Waals surface area contributed by atoms with Gasteiger partial charge in [0, 0.05) is 16.1 Å². The molecule has 0 atom stereocenters. The van der Waals surface area contributed by atoms with Crippen molar-refractivity contribution in [3.63, 3.8) is 0 Å². The molecule has 0 spiro atoms. The first-order valence-corrected chi connectivity index (χ1v) is 8.56. The summed E-state index contributed by atoms with van der Waals surface area (Å²) in [7, 11) is 0. The van der Waals surface area contributed by atoms with E-state index in [9.17, 15) is 4.79 Å². The van der Waals surface area contributed by atoms with Gasteiger partial charge in [-0.25, -0.2) is 0 Å². The highest BCUT2D eigenvalue weighted by Crippen LogP contribution is 2.29. The molecule has 0 aliphatic heterocycles. The van der Waals surface area contributed by atoms with Crippen LogP contribution in [0.4, 0.5) is 5.69 Å². The standard InChI is InChI=1S/C15H10Br2N2OS/c1-8-5-12(21-14(8)17)15(20)19-11-4-2-3-9-6-10(16)7-18-13(9)11/h2-7H,1H3,(H,19,20). The first-order valence-electron chi connectivity index (χ1n) is 6.16. The predicted octanol–water partition coefficient (Wildman–Crippen LogP) is 5.38. The molecule has 106 valence electrons. The van der Waals surface area contributed by atoms with Crippen LogP contribution in [0.3, 0.4) is 0 Å². The number of aromatic nitrogens is 1. The van der Waals surface area contributed by atoms with Crippen molar-refractivity contribution in [1.82, 2.24) is 4.98 Å². The minimum atomic E-state index is -0.119. The van der Waals surface area contributed by atoms with Crippen molar-refractivity contribution in [3.8, 4) is 0 Å². The van der Waals surface area contributed by atoms with Gasteiger partial charge in [-0.05, 0) is 62.5 Å². The molecule has 0 bridgehead atoms. The van der Waals surface area contributed by atoms with Crippen molar-refractivity contribution < 1.29 is 4.79 Å². The number of fused-ring (bicyclic) bond motifs is 1. The molecular formula is C15H10Br2N2OS. The lowest BCUT2D eigenvalue weighted by Crippen LogP contribution is -2.10. The van der Waals surface area contributed by atoms with Crippen molar-refractivity contribution in [2.75, 3.05) is 5.32 Å². The third-order valence-corrected chi connectivity index (χ3v) is 5.58. The van der Waals surface area contributed by atoms with E-state index in [1.165, 1.54) is 11.3 Å². The average molecular weight is 426 g/mol. The van der Waals surface area contributed by atoms with Crippen molar-refractivity contribution >= 4 is 65.7 Å². The summed E-state index contributed by atoms with van der Waals surface area (Å²) in [5.74, 6) is -0.119. The van der Waals surface area contributed by atoms with Gasteiger partial charge in [0.25, 0.3) is 5.91 Å².